The molecule has 30 heavy (non-hydrogen) atoms. The van der Waals surface area contributed by atoms with Crippen LogP contribution in [-0.2, 0) is 20.7 Å². The molecular formula is C22H24N4O4. The molecule has 0 saturated carbocycles. The number of ether oxygens (including phenoxy) is 2. The van der Waals surface area contributed by atoms with Crippen LogP contribution in [0.25, 0.3) is 0 Å². The topological polar surface area (TPSA) is 113 Å². The summed E-state index contributed by atoms with van der Waals surface area (Å²) in [5.41, 5.74) is 1.44. The molecule has 1 atom stereocenters. The Bertz CT molecular complexity index is 913. The number of nitrogens with one attached hydrogen (secondary N) is 1. The minimum atomic E-state index is -0.995. The molecule has 2 aromatic rings. The number of nitrogens with zero attached hydrogens (tertiary/aromatic N) is 3. The van der Waals surface area contributed by atoms with Gasteiger partial charge in [0, 0.05) is 6.42 Å². The van der Waals surface area contributed by atoms with E-state index < -0.39 is 30.3 Å². The second kappa shape index (κ2) is 10.7. The molecule has 1 N–H and O–H groups in total. The Hall–Kier alpha value is -3.73. The molecule has 156 valence electrons. The summed E-state index contributed by atoms with van der Waals surface area (Å²) in [6.45, 7) is 4.76. The van der Waals surface area contributed by atoms with Gasteiger partial charge in [-0.25, -0.2) is 9.59 Å². The molecule has 2 rings (SSSR count). The highest BCUT2D eigenvalue weighted by Gasteiger charge is 2.26. The fourth-order valence-corrected chi connectivity index (χ4v) is 2.39. The fraction of sp³-hybridized carbons (Fsp3) is 0.318. The van der Waals surface area contributed by atoms with Gasteiger partial charge in [0.15, 0.2) is 6.61 Å². The second-order valence-electron chi connectivity index (χ2n) is 7.37. The molecule has 0 aliphatic heterocycles. The number of nitriles is 1. The van der Waals surface area contributed by atoms with Gasteiger partial charge in [-0.3, -0.25) is 0 Å². The van der Waals surface area contributed by atoms with Gasteiger partial charge in [0.05, 0.1) is 11.4 Å². The van der Waals surface area contributed by atoms with E-state index in [0.717, 1.165) is 11.3 Å². The first-order chi connectivity index (χ1) is 14.3. The maximum absolute atomic E-state index is 12.3. The lowest BCUT2D eigenvalue weighted by molar-refractivity contribution is -0.144. The number of benzene rings is 2. The van der Waals surface area contributed by atoms with Crippen molar-refractivity contribution in [3.8, 4) is 6.07 Å². The Balaban J connectivity index is 2.06. The molecule has 0 bridgehead atoms. The first kappa shape index (κ1) is 22.6. The largest absolute Gasteiger partial charge is 0.449 e. The highest BCUT2D eigenvalue weighted by atomic mass is 16.6. The molecule has 1 amide bonds. The second-order valence-corrected chi connectivity index (χ2v) is 7.37. The Morgan fingerprint density at radius 1 is 1.03 bits per heavy atom. The fourth-order valence-electron chi connectivity index (χ4n) is 2.39. The number of esters is 1. The van der Waals surface area contributed by atoms with Gasteiger partial charge in [0.1, 0.15) is 17.7 Å². The Morgan fingerprint density at radius 2 is 1.63 bits per heavy atom. The molecule has 0 aliphatic rings. The van der Waals surface area contributed by atoms with Crippen LogP contribution in [0, 0.1) is 11.3 Å². The SMILES string of the molecule is CC(C)(C)OC(=O)N[C@@H](Cc1ccc(N=Nc2ccccc2)cc1)C(=O)OCC#N. The number of azo groups is 1. The lowest BCUT2D eigenvalue weighted by atomic mass is 10.1. The molecule has 8 nitrogen and oxygen atoms in total. The van der Waals surface area contributed by atoms with Crippen LogP contribution in [0.4, 0.5) is 16.2 Å². The van der Waals surface area contributed by atoms with Crippen molar-refractivity contribution < 1.29 is 19.1 Å². The molecule has 0 fully saturated rings. The van der Waals surface area contributed by atoms with Gasteiger partial charge >= 0.3 is 12.1 Å². The summed E-state index contributed by atoms with van der Waals surface area (Å²) < 4.78 is 10.1. The molecule has 2 aromatic carbocycles. The number of carbonyl (C=O) groups excluding carboxylic acids is 2. The van der Waals surface area contributed by atoms with Crippen molar-refractivity contribution in [2.24, 2.45) is 10.2 Å². The van der Waals surface area contributed by atoms with Gasteiger partial charge in [-0.1, -0.05) is 30.3 Å². The summed E-state index contributed by atoms with van der Waals surface area (Å²) in [5, 5.41) is 19.4. The number of carbonyl (C=O) groups is 2. The molecule has 0 heterocycles. The molecular weight excluding hydrogens is 384 g/mol. The van der Waals surface area contributed by atoms with Gasteiger partial charge in [-0.05, 0) is 50.6 Å². The summed E-state index contributed by atoms with van der Waals surface area (Å²) in [4.78, 5) is 24.3. The third-order valence-electron chi connectivity index (χ3n) is 3.67. The van der Waals surface area contributed by atoms with E-state index >= 15 is 0 Å². The third kappa shape index (κ3) is 8.10. The van der Waals surface area contributed by atoms with E-state index in [2.05, 4.69) is 15.5 Å². The zero-order valence-electron chi connectivity index (χ0n) is 17.2. The number of hydrogen-bond acceptors (Lipinski definition) is 7. The van der Waals surface area contributed by atoms with Crippen molar-refractivity contribution in [2.45, 2.75) is 38.8 Å². The lowest BCUT2D eigenvalue weighted by Crippen LogP contribution is -2.45. The van der Waals surface area contributed by atoms with Crippen molar-refractivity contribution >= 4 is 23.4 Å². The van der Waals surface area contributed by atoms with Gasteiger partial charge in [-0.15, -0.1) is 0 Å². The van der Waals surface area contributed by atoms with Crippen LogP contribution in [0.1, 0.15) is 26.3 Å². The van der Waals surface area contributed by atoms with Crippen molar-refractivity contribution in [3.63, 3.8) is 0 Å². The van der Waals surface area contributed by atoms with E-state index in [1.165, 1.54) is 0 Å². The van der Waals surface area contributed by atoms with Crippen molar-refractivity contribution in [1.82, 2.24) is 5.32 Å². The van der Waals surface area contributed by atoms with Crippen molar-refractivity contribution in [2.75, 3.05) is 6.61 Å². The highest BCUT2D eigenvalue weighted by Crippen LogP contribution is 2.19. The summed E-state index contributed by atoms with van der Waals surface area (Å²) >= 11 is 0. The average Bonchev–Trinajstić information content (AvgIpc) is 2.70. The predicted octanol–water partition coefficient (Wildman–Crippen LogP) is 4.60. The number of amides is 1. The van der Waals surface area contributed by atoms with Crippen LogP contribution in [0.2, 0.25) is 0 Å². The maximum Gasteiger partial charge on any atom is 0.408 e. The smallest absolute Gasteiger partial charge is 0.408 e. The van der Waals surface area contributed by atoms with E-state index in [1.54, 1.807) is 51.1 Å². The van der Waals surface area contributed by atoms with Gasteiger partial charge in [-0.2, -0.15) is 15.5 Å². The van der Waals surface area contributed by atoms with Crippen molar-refractivity contribution in [3.05, 3.63) is 60.2 Å². The van der Waals surface area contributed by atoms with Crippen LogP contribution in [0.15, 0.2) is 64.8 Å². The summed E-state index contributed by atoms with van der Waals surface area (Å²) in [6.07, 6.45) is -0.575. The van der Waals surface area contributed by atoms with E-state index in [-0.39, 0.29) is 6.42 Å². The highest BCUT2D eigenvalue weighted by molar-refractivity contribution is 5.81. The Morgan fingerprint density at radius 3 is 2.20 bits per heavy atom. The van der Waals surface area contributed by atoms with Gasteiger partial charge < -0.3 is 14.8 Å². The van der Waals surface area contributed by atoms with E-state index in [0.29, 0.717) is 5.69 Å². The quantitative estimate of drug-likeness (QED) is 0.531. The van der Waals surface area contributed by atoms with Gasteiger partial charge in [0.25, 0.3) is 0 Å². The monoisotopic (exact) mass is 408 g/mol. The molecule has 0 unspecified atom stereocenters. The molecule has 0 saturated heterocycles. The first-order valence-corrected chi connectivity index (χ1v) is 9.35. The molecule has 0 aromatic heterocycles. The third-order valence-corrected chi connectivity index (χ3v) is 3.67. The molecule has 0 aliphatic carbocycles. The predicted molar refractivity (Wildman–Crippen MR) is 110 cm³/mol. The van der Waals surface area contributed by atoms with Crippen molar-refractivity contribution in [1.29, 1.82) is 5.26 Å². The lowest BCUT2D eigenvalue weighted by Gasteiger charge is -2.22. The molecule has 0 spiro atoms. The Kier molecular flexibility index (Phi) is 8.06. The number of hydrogen-bond donors (Lipinski definition) is 1. The van der Waals surface area contributed by atoms with Gasteiger partial charge in [0.2, 0.25) is 0 Å². The van der Waals surface area contributed by atoms with Crippen LogP contribution in [0.5, 0.6) is 0 Å². The normalized spacial score (nSPS) is 12.1. The molecule has 0 radical (unpaired) electrons. The summed E-state index contributed by atoms with van der Waals surface area (Å²) in [6, 6.07) is 17.2. The summed E-state index contributed by atoms with van der Waals surface area (Å²) in [7, 11) is 0. The van der Waals surface area contributed by atoms with Crippen LogP contribution >= 0.6 is 0 Å². The number of alkyl carbamates (subject to hydrolysis) is 1. The van der Waals surface area contributed by atoms with Crippen LogP contribution in [0.3, 0.4) is 0 Å². The Labute approximate surface area is 175 Å². The van der Waals surface area contributed by atoms with E-state index in [1.807, 2.05) is 30.3 Å². The zero-order chi connectivity index (χ0) is 22.0. The maximum atomic E-state index is 12.3. The minimum Gasteiger partial charge on any atom is -0.449 e. The average molecular weight is 408 g/mol. The molecule has 8 heteroatoms. The zero-order valence-corrected chi connectivity index (χ0v) is 17.2. The standard InChI is InChI=1S/C22H24N4O4/c1-22(2,3)30-21(28)24-19(20(27)29-14-13-23)15-16-9-11-18(12-10-16)26-25-17-7-5-4-6-8-17/h4-12,19H,14-15H2,1-3H3,(H,24,28)/t19-/m0/s1. The summed E-state index contributed by atoms with van der Waals surface area (Å²) in [5.74, 6) is -0.713. The first-order valence-electron chi connectivity index (χ1n) is 9.35. The minimum absolute atomic E-state index is 0.166. The van der Waals surface area contributed by atoms with E-state index in [4.69, 9.17) is 14.7 Å². The van der Waals surface area contributed by atoms with E-state index in [9.17, 15) is 9.59 Å². The van der Waals surface area contributed by atoms with Crippen LogP contribution in [-0.4, -0.2) is 30.3 Å². The number of rotatable bonds is 7. The van der Waals surface area contributed by atoms with Crippen LogP contribution < -0.4 is 5.32 Å².